The van der Waals surface area contributed by atoms with Crippen LogP contribution in [0.2, 0.25) is 0 Å². The molecule has 0 saturated carbocycles. The van der Waals surface area contributed by atoms with Crippen molar-refractivity contribution in [3.8, 4) is 11.5 Å². The summed E-state index contributed by atoms with van der Waals surface area (Å²) in [6.07, 6.45) is 1.28. The summed E-state index contributed by atoms with van der Waals surface area (Å²) in [4.78, 5) is 22.3. The Morgan fingerprint density at radius 2 is 1.88 bits per heavy atom. The number of morpholine rings is 1. The van der Waals surface area contributed by atoms with Crippen molar-refractivity contribution < 1.29 is 28.5 Å². The number of aromatic nitrogens is 1. The molecule has 2 aliphatic rings. The summed E-state index contributed by atoms with van der Waals surface area (Å²) >= 11 is 0. The molecule has 9 nitrogen and oxygen atoms in total. The van der Waals surface area contributed by atoms with Gasteiger partial charge < -0.3 is 33.5 Å². The van der Waals surface area contributed by atoms with Gasteiger partial charge in [-0.25, -0.2) is 4.98 Å². The summed E-state index contributed by atoms with van der Waals surface area (Å²) in [6.45, 7) is 4.78. The third-order valence-electron chi connectivity index (χ3n) is 6.13. The smallest absolute Gasteiger partial charge is 0.252 e. The fraction of sp³-hybridized carbons (Fsp3) is 0.583. The van der Waals surface area contributed by atoms with Gasteiger partial charge in [-0.1, -0.05) is 0 Å². The summed E-state index contributed by atoms with van der Waals surface area (Å²) in [6, 6.07) is 5.91. The molecule has 0 spiro atoms. The molecule has 4 rings (SSSR count). The fourth-order valence-corrected chi connectivity index (χ4v) is 4.35. The lowest BCUT2D eigenvalue weighted by atomic mass is 10.1. The van der Waals surface area contributed by atoms with Crippen molar-refractivity contribution in [2.45, 2.75) is 25.5 Å². The van der Waals surface area contributed by atoms with E-state index in [2.05, 4.69) is 11.0 Å². The summed E-state index contributed by atoms with van der Waals surface area (Å²) in [5.74, 6) is 2.14. The normalized spacial score (nSPS) is 18.5. The highest BCUT2D eigenvalue weighted by Crippen LogP contribution is 2.34. The average Bonchev–Trinajstić information content (AvgIpc) is 3.40. The highest BCUT2D eigenvalue weighted by atomic mass is 16.5. The van der Waals surface area contributed by atoms with Gasteiger partial charge in [0.25, 0.3) is 5.91 Å². The Kier molecular flexibility index (Phi) is 7.85. The van der Waals surface area contributed by atoms with Gasteiger partial charge in [-0.15, -0.1) is 0 Å². The van der Waals surface area contributed by atoms with Gasteiger partial charge in [0.15, 0.2) is 11.5 Å². The minimum atomic E-state index is -0.383. The van der Waals surface area contributed by atoms with Crippen LogP contribution >= 0.6 is 0 Å². The minimum absolute atomic E-state index is 0.00452. The number of anilines is 1. The van der Waals surface area contributed by atoms with Crippen molar-refractivity contribution in [1.29, 1.82) is 0 Å². The van der Waals surface area contributed by atoms with Crippen molar-refractivity contribution in [3.05, 3.63) is 23.8 Å². The summed E-state index contributed by atoms with van der Waals surface area (Å²) in [7, 11) is 4.88. The molecule has 1 amide bonds. The van der Waals surface area contributed by atoms with Crippen LogP contribution in [0, 0.1) is 0 Å². The molecule has 1 aromatic heterocycles. The van der Waals surface area contributed by atoms with E-state index < -0.39 is 0 Å². The van der Waals surface area contributed by atoms with Gasteiger partial charge in [0.05, 0.1) is 39.6 Å². The first-order valence-corrected chi connectivity index (χ1v) is 11.4. The predicted octanol–water partition coefficient (Wildman–Crippen LogP) is 2.24. The van der Waals surface area contributed by atoms with Crippen LogP contribution in [0.15, 0.2) is 18.2 Å². The van der Waals surface area contributed by atoms with Crippen molar-refractivity contribution in [2.24, 2.45) is 0 Å². The number of carbonyl (C=O) groups excluding carboxylic acids is 1. The topological polar surface area (TPSA) is 82.6 Å². The van der Waals surface area contributed by atoms with E-state index in [1.54, 1.807) is 21.3 Å². The summed E-state index contributed by atoms with van der Waals surface area (Å²) in [5.41, 5.74) is 1.78. The zero-order valence-electron chi connectivity index (χ0n) is 19.7. The molecule has 2 aromatic rings. The Balaban J connectivity index is 1.73. The maximum atomic E-state index is 13.2. The number of fused-ring (bicyclic) bond motifs is 1. The lowest BCUT2D eigenvalue weighted by molar-refractivity contribution is -0.142. The Hall–Kier alpha value is -2.62. The first-order chi connectivity index (χ1) is 16.1. The van der Waals surface area contributed by atoms with Gasteiger partial charge in [0.2, 0.25) is 0 Å². The minimum Gasteiger partial charge on any atom is -0.493 e. The Morgan fingerprint density at radius 1 is 1.12 bits per heavy atom. The number of carbonyl (C=O) groups is 1. The Bertz CT molecular complexity index is 957. The van der Waals surface area contributed by atoms with Crippen LogP contribution < -0.4 is 14.4 Å². The Labute approximate surface area is 194 Å². The van der Waals surface area contributed by atoms with Crippen LogP contribution in [-0.2, 0) is 25.5 Å². The van der Waals surface area contributed by atoms with Crippen molar-refractivity contribution in [2.75, 3.05) is 72.3 Å². The van der Waals surface area contributed by atoms with E-state index in [0.717, 1.165) is 48.2 Å². The molecule has 0 N–H and O–H groups in total. The monoisotopic (exact) mass is 459 g/mol. The number of rotatable bonds is 9. The molecule has 2 aliphatic heterocycles. The maximum Gasteiger partial charge on any atom is 0.252 e. The number of hydrogen-bond donors (Lipinski definition) is 0. The highest BCUT2D eigenvalue weighted by molar-refractivity contribution is 5.86. The second-order valence-electron chi connectivity index (χ2n) is 8.22. The van der Waals surface area contributed by atoms with Gasteiger partial charge in [0.1, 0.15) is 11.9 Å². The number of ether oxygens (including phenoxy) is 5. The Morgan fingerprint density at radius 3 is 2.55 bits per heavy atom. The van der Waals surface area contributed by atoms with Crippen LogP contribution in [0.1, 0.15) is 18.4 Å². The molecule has 0 bridgehead atoms. The van der Waals surface area contributed by atoms with E-state index in [1.807, 2.05) is 17.0 Å². The van der Waals surface area contributed by atoms with Crippen LogP contribution in [0.4, 0.5) is 5.82 Å². The number of amides is 1. The number of nitrogens with zero attached hydrogens (tertiary/aromatic N) is 3. The van der Waals surface area contributed by atoms with Crippen LogP contribution in [0.3, 0.4) is 0 Å². The summed E-state index contributed by atoms with van der Waals surface area (Å²) in [5, 5.41) is 0.927. The summed E-state index contributed by atoms with van der Waals surface area (Å²) < 4.78 is 27.5. The van der Waals surface area contributed by atoms with Crippen molar-refractivity contribution in [1.82, 2.24) is 9.88 Å². The number of methoxy groups -OCH3 is 3. The fourth-order valence-electron chi connectivity index (χ4n) is 4.35. The molecule has 2 fully saturated rings. The van der Waals surface area contributed by atoms with E-state index in [4.69, 9.17) is 28.7 Å². The third-order valence-corrected chi connectivity index (χ3v) is 6.13. The molecule has 1 aromatic carbocycles. The standard InChI is InChI=1S/C24H33N3O6/c1-29-10-6-27(24(28)20-5-4-9-33-20)16-18-13-17-14-21(30-2)22(31-3)15-19(17)25-23(18)26-7-11-32-12-8-26/h13-15,20H,4-12,16H2,1-3H3/t20-/m0/s1. The lowest BCUT2D eigenvalue weighted by Gasteiger charge is -2.32. The van der Waals surface area contributed by atoms with Crippen LogP contribution in [-0.4, -0.2) is 89.3 Å². The van der Waals surface area contributed by atoms with E-state index in [9.17, 15) is 4.79 Å². The zero-order valence-corrected chi connectivity index (χ0v) is 19.7. The van der Waals surface area contributed by atoms with E-state index >= 15 is 0 Å². The lowest BCUT2D eigenvalue weighted by Crippen LogP contribution is -2.41. The molecule has 1 atom stereocenters. The second kappa shape index (κ2) is 11.0. The molecule has 9 heteroatoms. The quantitative estimate of drug-likeness (QED) is 0.565. The highest BCUT2D eigenvalue weighted by Gasteiger charge is 2.29. The van der Waals surface area contributed by atoms with Gasteiger partial charge in [0, 0.05) is 56.9 Å². The molecule has 180 valence electrons. The molecule has 3 heterocycles. The molecular weight excluding hydrogens is 426 g/mol. The third kappa shape index (κ3) is 5.31. The maximum absolute atomic E-state index is 13.2. The largest absolute Gasteiger partial charge is 0.493 e. The van der Waals surface area contributed by atoms with Crippen LogP contribution in [0.25, 0.3) is 10.9 Å². The van der Waals surface area contributed by atoms with Gasteiger partial charge in [-0.05, 0) is 25.0 Å². The first-order valence-electron chi connectivity index (χ1n) is 11.4. The molecule has 0 aliphatic carbocycles. The zero-order chi connectivity index (χ0) is 23.2. The van der Waals surface area contributed by atoms with E-state index in [0.29, 0.717) is 51.0 Å². The first kappa shape index (κ1) is 23.5. The number of pyridine rings is 1. The molecular formula is C24H33N3O6. The van der Waals surface area contributed by atoms with Gasteiger partial charge >= 0.3 is 0 Å². The second-order valence-corrected chi connectivity index (χ2v) is 8.22. The molecule has 2 saturated heterocycles. The van der Waals surface area contributed by atoms with Gasteiger partial charge in [-0.2, -0.15) is 0 Å². The van der Waals surface area contributed by atoms with Crippen molar-refractivity contribution in [3.63, 3.8) is 0 Å². The van der Waals surface area contributed by atoms with Crippen LogP contribution in [0.5, 0.6) is 11.5 Å². The molecule has 0 radical (unpaired) electrons. The molecule has 0 unspecified atom stereocenters. The SMILES string of the molecule is COCCN(Cc1cc2cc(OC)c(OC)cc2nc1N1CCOCC1)C(=O)[C@@H]1CCCO1. The molecule has 33 heavy (non-hydrogen) atoms. The average molecular weight is 460 g/mol. The number of benzene rings is 1. The van der Waals surface area contributed by atoms with E-state index in [1.165, 1.54) is 0 Å². The van der Waals surface area contributed by atoms with Gasteiger partial charge in [-0.3, -0.25) is 4.79 Å². The number of hydrogen-bond acceptors (Lipinski definition) is 8. The van der Waals surface area contributed by atoms with E-state index in [-0.39, 0.29) is 12.0 Å². The predicted molar refractivity (Wildman–Crippen MR) is 124 cm³/mol. The van der Waals surface area contributed by atoms with Crippen molar-refractivity contribution >= 4 is 22.6 Å².